The molecule has 0 bridgehead atoms. The number of hydrogen-bond acceptors (Lipinski definition) is 4. The topological polar surface area (TPSA) is 82.6 Å². The fourth-order valence-electron chi connectivity index (χ4n) is 3.14. The zero-order chi connectivity index (χ0) is 16.3. The van der Waals surface area contributed by atoms with Crippen LogP contribution in [0, 0.1) is 18.8 Å². The third-order valence-electron chi connectivity index (χ3n) is 4.04. The lowest BCUT2D eigenvalue weighted by Crippen LogP contribution is -2.42. The van der Waals surface area contributed by atoms with Gasteiger partial charge < -0.3 is 14.8 Å². The minimum atomic E-state index is -0.730. The molecular weight excluding hydrogens is 284 g/mol. The molecule has 122 valence electrons. The fraction of sp³-hybridized carbons (Fsp3) is 0.625. The zero-order valence-electron chi connectivity index (χ0n) is 13.4. The first-order valence-corrected chi connectivity index (χ1v) is 7.71. The third-order valence-corrected chi connectivity index (χ3v) is 4.04. The Morgan fingerprint density at radius 3 is 2.82 bits per heavy atom. The normalized spacial score (nSPS) is 22.5. The number of H-pyrrole nitrogens is 1. The van der Waals surface area contributed by atoms with Crippen molar-refractivity contribution in [1.29, 1.82) is 0 Å². The van der Waals surface area contributed by atoms with Gasteiger partial charge in [0.25, 0.3) is 0 Å². The van der Waals surface area contributed by atoms with Gasteiger partial charge in [0.2, 0.25) is 0 Å². The van der Waals surface area contributed by atoms with Gasteiger partial charge in [-0.05, 0) is 32.3 Å². The van der Waals surface area contributed by atoms with E-state index >= 15 is 0 Å². The number of aryl methyl sites for hydroxylation is 1. The number of nitrogens with zero attached hydrogens (tertiary/aromatic N) is 1. The van der Waals surface area contributed by atoms with Crippen molar-refractivity contribution in [3.63, 3.8) is 0 Å². The van der Waals surface area contributed by atoms with Crippen LogP contribution in [0.4, 0.5) is 0 Å². The van der Waals surface area contributed by atoms with Crippen LogP contribution in [0.1, 0.15) is 42.0 Å². The van der Waals surface area contributed by atoms with E-state index in [1.165, 1.54) is 0 Å². The Balaban J connectivity index is 2.05. The lowest BCUT2D eigenvalue weighted by atomic mass is 9.90. The minimum absolute atomic E-state index is 0.315. The van der Waals surface area contributed by atoms with Gasteiger partial charge in [0.15, 0.2) is 0 Å². The van der Waals surface area contributed by atoms with Gasteiger partial charge in [-0.15, -0.1) is 0 Å². The number of aromatic amines is 1. The summed E-state index contributed by atoms with van der Waals surface area (Å²) >= 11 is 0. The number of carbonyl (C=O) groups is 2. The van der Waals surface area contributed by atoms with Gasteiger partial charge in [-0.3, -0.25) is 9.69 Å². The average Bonchev–Trinajstić information content (AvgIpc) is 2.79. The van der Waals surface area contributed by atoms with Crippen LogP contribution in [-0.4, -0.2) is 46.6 Å². The largest absolute Gasteiger partial charge is 0.481 e. The Hall–Kier alpha value is -1.82. The highest BCUT2D eigenvalue weighted by atomic mass is 16.5. The smallest absolute Gasteiger partial charge is 0.339 e. The zero-order valence-corrected chi connectivity index (χ0v) is 13.4. The maximum atomic E-state index is 11.8. The van der Waals surface area contributed by atoms with Gasteiger partial charge >= 0.3 is 11.9 Å². The molecule has 1 saturated heterocycles. The van der Waals surface area contributed by atoms with E-state index < -0.39 is 5.97 Å². The molecule has 1 aromatic rings. The lowest BCUT2D eigenvalue weighted by Gasteiger charge is -2.34. The summed E-state index contributed by atoms with van der Waals surface area (Å²) in [5.74, 6) is -1.01. The van der Waals surface area contributed by atoms with Crippen molar-refractivity contribution in [3.05, 3.63) is 23.0 Å². The molecule has 2 atom stereocenters. The highest BCUT2D eigenvalue weighted by Gasteiger charge is 2.29. The Morgan fingerprint density at radius 1 is 1.45 bits per heavy atom. The Bertz CT molecular complexity index is 552. The molecule has 0 spiro atoms. The molecule has 2 unspecified atom stereocenters. The SMILES string of the molecule is CCOC(=O)c1cc(CN2CC(C)CC(C(=O)O)C2)[nH]c1C. The molecule has 1 aromatic heterocycles. The number of hydrogen-bond donors (Lipinski definition) is 2. The number of rotatable bonds is 5. The van der Waals surface area contributed by atoms with E-state index in [2.05, 4.69) is 16.8 Å². The highest BCUT2D eigenvalue weighted by molar-refractivity contribution is 5.90. The average molecular weight is 308 g/mol. The number of carboxylic acids is 1. The molecule has 1 aliphatic heterocycles. The molecule has 1 fully saturated rings. The summed E-state index contributed by atoms with van der Waals surface area (Å²) in [5.41, 5.74) is 2.25. The third kappa shape index (κ3) is 3.88. The van der Waals surface area contributed by atoms with E-state index in [1.54, 1.807) is 6.92 Å². The van der Waals surface area contributed by atoms with Crippen molar-refractivity contribution < 1.29 is 19.4 Å². The molecule has 0 saturated carbocycles. The number of esters is 1. The van der Waals surface area contributed by atoms with E-state index in [-0.39, 0.29) is 11.9 Å². The number of likely N-dealkylation sites (tertiary alicyclic amines) is 1. The molecule has 2 N–H and O–H groups in total. The summed E-state index contributed by atoms with van der Waals surface area (Å²) in [6.07, 6.45) is 0.726. The van der Waals surface area contributed by atoms with Crippen LogP contribution in [0.15, 0.2) is 6.07 Å². The summed E-state index contributed by atoms with van der Waals surface area (Å²) in [5, 5.41) is 9.22. The number of ether oxygens (including phenoxy) is 1. The van der Waals surface area contributed by atoms with Crippen molar-refractivity contribution in [2.75, 3.05) is 19.7 Å². The van der Waals surface area contributed by atoms with Gasteiger partial charge in [-0.25, -0.2) is 4.79 Å². The molecule has 0 radical (unpaired) electrons. The van der Waals surface area contributed by atoms with Gasteiger partial charge in [0.1, 0.15) is 0 Å². The first kappa shape index (κ1) is 16.5. The van der Waals surface area contributed by atoms with Crippen LogP contribution in [0.3, 0.4) is 0 Å². The number of piperidine rings is 1. The molecule has 0 amide bonds. The standard InChI is InChI=1S/C16H24N2O4/c1-4-22-16(21)14-6-13(17-11(14)3)9-18-7-10(2)5-12(8-18)15(19)20/h6,10,12,17H,4-5,7-9H2,1-3H3,(H,19,20). The molecule has 1 aliphatic rings. The van der Waals surface area contributed by atoms with Crippen LogP contribution < -0.4 is 0 Å². The van der Waals surface area contributed by atoms with E-state index in [1.807, 2.05) is 13.0 Å². The Kier molecular flexibility index (Phi) is 5.24. The van der Waals surface area contributed by atoms with E-state index in [4.69, 9.17) is 4.74 Å². The summed E-state index contributed by atoms with van der Waals surface area (Å²) in [7, 11) is 0. The maximum absolute atomic E-state index is 11.8. The van der Waals surface area contributed by atoms with Crippen LogP contribution in [-0.2, 0) is 16.1 Å². The molecule has 0 aromatic carbocycles. The van der Waals surface area contributed by atoms with Crippen LogP contribution >= 0.6 is 0 Å². The second kappa shape index (κ2) is 6.96. The van der Waals surface area contributed by atoms with Crippen molar-refractivity contribution in [3.8, 4) is 0 Å². The summed E-state index contributed by atoms with van der Waals surface area (Å²) in [4.78, 5) is 28.4. The van der Waals surface area contributed by atoms with Gasteiger partial charge in [0, 0.05) is 31.0 Å². The Morgan fingerprint density at radius 2 is 2.18 bits per heavy atom. The van der Waals surface area contributed by atoms with Crippen molar-refractivity contribution >= 4 is 11.9 Å². The number of aliphatic carboxylic acids is 1. The van der Waals surface area contributed by atoms with E-state index in [0.717, 1.165) is 24.4 Å². The predicted molar refractivity (Wildman–Crippen MR) is 81.7 cm³/mol. The van der Waals surface area contributed by atoms with Crippen LogP contribution in [0.2, 0.25) is 0 Å². The predicted octanol–water partition coefficient (Wildman–Crippen LogP) is 2.04. The second-order valence-electron chi connectivity index (χ2n) is 6.12. The molecule has 2 heterocycles. The summed E-state index contributed by atoms with van der Waals surface area (Å²) in [6, 6.07) is 1.81. The van der Waals surface area contributed by atoms with Crippen molar-refractivity contribution in [1.82, 2.24) is 9.88 Å². The molecule has 6 nitrogen and oxygen atoms in total. The van der Waals surface area contributed by atoms with Crippen LogP contribution in [0.25, 0.3) is 0 Å². The number of nitrogens with one attached hydrogen (secondary N) is 1. The number of aromatic nitrogens is 1. The summed E-state index contributed by atoms with van der Waals surface area (Å²) in [6.45, 7) is 8.09. The lowest BCUT2D eigenvalue weighted by molar-refractivity contribution is -0.144. The van der Waals surface area contributed by atoms with E-state index in [9.17, 15) is 14.7 Å². The first-order chi connectivity index (χ1) is 10.4. The Labute approximate surface area is 130 Å². The quantitative estimate of drug-likeness (QED) is 0.813. The minimum Gasteiger partial charge on any atom is -0.481 e. The monoisotopic (exact) mass is 308 g/mol. The number of carbonyl (C=O) groups excluding carboxylic acids is 1. The fourth-order valence-corrected chi connectivity index (χ4v) is 3.14. The van der Waals surface area contributed by atoms with Crippen molar-refractivity contribution in [2.24, 2.45) is 11.8 Å². The second-order valence-corrected chi connectivity index (χ2v) is 6.12. The molecule has 6 heteroatoms. The van der Waals surface area contributed by atoms with Gasteiger partial charge in [0.05, 0.1) is 18.1 Å². The molecule has 22 heavy (non-hydrogen) atoms. The summed E-state index contributed by atoms with van der Waals surface area (Å²) < 4.78 is 5.03. The number of carboxylic acid groups (broad SMARTS) is 1. The van der Waals surface area contributed by atoms with Gasteiger partial charge in [-0.2, -0.15) is 0 Å². The van der Waals surface area contributed by atoms with E-state index in [0.29, 0.717) is 31.2 Å². The van der Waals surface area contributed by atoms with Gasteiger partial charge in [-0.1, -0.05) is 6.92 Å². The van der Waals surface area contributed by atoms with Crippen molar-refractivity contribution in [2.45, 2.75) is 33.7 Å². The van der Waals surface area contributed by atoms with Crippen LogP contribution in [0.5, 0.6) is 0 Å². The maximum Gasteiger partial charge on any atom is 0.339 e. The highest BCUT2D eigenvalue weighted by Crippen LogP contribution is 2.23. The first-order valence-electron chi connectivity index (χ1n) is 7.71. The molecule has 2 rings (SSSR count). The molecule has 0 aliphatic carbocycles. The molecular formula is C16H24N2O4.